The number of hydrogen-bond donors (Lipinski definition) is 2. The molecule has 0 atom stereocenters. The van der Waals surface area contributed by atoms with E-state index in [1.807, 2.05) is 13.8 Å². The molecule has 120 valence electrons. The standard InChI is InChI=1S/C11H21NO6.C2H6/c1-11(2,3)18-10(15)12-4-5-16-6-7-17-8-9(13)14;1-2/h4-8H2,1-3H3,(H,12,15)(H,13,14);1-2H3. The van der Waals surface area contributed by atoms with Gasteiger partial charge >= 0.3 is 12.1 Å². The van der Waals surface area contributed by atoms with Crippen LogP contribution in [0.3, 0.4) is 0 Å². The van der Waals surface area contributed by atoms with Crippen LogP contribution in [0.15, 0.2) is 0 Å². The summed E-state index contributed by atoms with van der Waals surface area (Å²) in [5.41, 5.74) is -0.518. The number of carbonyl (C=O) groups excluding carboxylic acids is 1. The Morgan fingerprint density at radius 1 is 1.05 bits per heavy atom. The topological polar surface area (TPSA) is 94.1 Å². The molecule has 0 saturated carbocycles. The highest BCUT2D eigenvalue weighted by atomic mass is 16.6. The summed E-state index contributed by atoms with van der Waals surface area (Å²) in [5, 5.41) is 10.8. The number of carboxylic acids is 1. The molecule has 0 spiro atoms. The lowest BCUT2D eigenvalue weighted by Crippen LogP contribution is -2.34. The van der Waals surface area contributed by atoms with Crippen LogP contribution in [0.5, 0.6) is 0 Å². The summed E-state index contributed by atoms with van der Waals surface area (Å²) >= 11 is 0. The Hall–Kier alpha value is -1.34. The van der Waals surface area contributed by atoms with Gasteiger partial charge in [-0.25, -0.2) is 9.59 Å². The Morgan fingerprint density at radius 2 is 1.60 bits per heavy atom. The van der Waals surface area contributed by atoms with E-state index in [2.05, 4.69) is 5.32 Å². The maximum absolute atomic E-state index is 11.2. The number of hydrogen-bond acceptors (Lipinski definition) is 5. The first-order chi connectivity index (χ1) is 9.31. The molecule has 0 aromatic carbocycles. The Balaban J connectivity index is 0. The Labute approximate surface area is 120 Å². The second kappa shape index (κ2) is 12.7. The fourth-order valence-corrected chi connectivity index (χ4v) is 0.919. The lowest BCUT2D eigenvalue weighted by atomic mass is 10.2. The summed E-state index contributed by atoms with van der Waals surface area (Å²) in [7, 11) is 0. The van der Waals surface area contributed by atoms with Crippen LogP contribution in [0.2, 0.25) is 0 Å². The molecule has 0 unspecified atom stereocenters. The molecule has 0 bridgehead atoms. The van der Waals surface area contributed by atoms with Gasteiger partial charge in [-0.05, 0) is 20.8 Å². The van der Waals surface area contributed by atoms with Crippen molar-refractivity contribution in [2.75, 3.05) is 33.0 Å². The second-order valence-corrected chi connectivity index (χ2v) is 4.49. The highest BCUT2D eigenvalue weighted by molar-refractivity contribution is 5.68. The molecule has 0 aliphatic heterocycles. The molecule has 0 radical (unpaired) electrons. The summed E-state index contributed by atoms with van der Waals surface area (Å²) in [6.07, 6.45) is -0.492. The predicted molar refractivity (Wildman–Crippen MR) is 74.9 cm³/mol. The molecular formula is C13H27NO6. The van der Waals surface area contributed by atoms with Crippen molar-refractivity contribution in [3.63, 3.8) is 0 Å². The van der Waals surface area contributed by atoms with E-state index in [-0.39, 0.29) is 19.8 Å². The molecule has 2 N–H and O–H groups in total. The number of amides is 1. The Morgan fingerprint density at radius 3 is 2.10 bits per heavy atom. The fraction of sp³-hybridized carbons (Fsp3) is 0.846. The van der Waals surface area contributed by atoms with Gasteiger partial charge in [0.1, 0.15) is 12.2 Å². The van der Waals surface area contributed by atoms with Gasteiger partial charge in [-0.3, -0.25) is 0 Å². The normalized spacial score (nSPS) is 10.2. The number of ether oxygens (including phenoxy) is 3. The number of carboxylic acid groups (broad SMARTS) is 1. The molecule has 7 heteroatoms. The molecule has 0 rings (SSSR count). The molecular weight excluding hydrogens is 266 g/mol. The van der Waals surface area contributed by atoms with Crippen molar-refractivity contribution in [1.82, 2.24) is 5.32 Å². The van der Waals surface area contributed by atoms with Crippen molar-refractivity contribution in [3.8, 4) is 0 Å². The summed E-state index contributed by atoms with van der Waals surface area (Å²) in [4.78, 5) is 21.3. The largest absolute Gasteiger partial charge is 0.480 e. The van der Waals surface area contributed by atoms with Gasteiger partial charge in [-0.2, -0.15) is 0 Å². The van der Waals surface area contributed by atoms with Crippen LogP contribution in [0.1, 0.15) is 34.6 Å². The van der Waals surface area contributed by atoms with Crippen molar-refractivity contribution in [2.24, 2.45) is 0 Å². The maximum atomic E-state index is 11.2. The molecule has 20 heavy (non-hydrogen) atoms. The van der Waals surface area contributed by atoms with Crippen molar-refractivity contribution in [2.45, 2.75) is 40.2 Å². The van der Waals surface area contributed by atoms with Gasteiger partial charge in [0.25, 0.3) is 0 Å². The Kier molecular flexibility index (Phi) is 13.3. The molecule has 0 aromatic rings. The number of carbonyl (C=O) groups is 2. The molecule has 0 aromatic heterocycles. The van der Waals surface area contributed by atoms with Crippen LogP contribution >= 0.6 is 0 Å². The molecule has 0 saturated heterocycles. The number of nitrogens with one attached hydrogen (secondary N) is 1. The minimum absolute atomic E-state index is 0.207. The summed E-state index contributed by atoms with van der Waals surface area (Å²) < 4.78 is 14.9. The van der Waals surface area contributed by atoms with Crippen LogP contribution in [0.4, 0.5) is 4.79 Å². The summed E-state index contributed by atoms with van der Waals surface area (Å²) in [6.45, 7) is 10.1. The fourth-order valence-electron chi connectivity index (χ4n) is 0.919. The monoisotopic (exact) mass is 293 g/mol. The van der Waals surface area contributed by atoms with Gasteiger partial charge in [-0.15, -0.1) is 0 Å². The molecule has 1 amide bonds. The van der Waals surface area contributed by atoms with Gasteiger partial charge in [0.05, 0.1) is 19.8 Å². The number of rotatable bonds is 8. The van der Waals surface area contributed by atoms with Crippen LogP contribution < -0.4 is 5.32 Å². The average Bonchev–Trinajstić information content (AvgIpc) is 2.32. The second-order valence-electron chi connectivity index (χ2n) is 4.49. The average molecular weight is 293 g/mol. The highest BCUT2D eigenvalue weighted by Gasteiger charge is 2.15. The van der Waals surface area contributed by atoms with Gasteiger partial charge in [0, 0.05) is 6.54 Å². The van der Waals surface area contributed by atoms with E-state index in [0.717, 1.165) is 0 Å². The van der Waals surface area contributed by atoms with Gasteiger partial charge in [0.2, 0.25) is 0 Å². The zero-order valence-corrected chi connectivity index (χ0v) is 13.0. The van der Waals surface area contributed by atoms with Crippen LogP contribution in [-0.2, 0) is 19.0 Å². The third-order valence-corrected chi connectivity index (χ3v) is 1.51. The smallest absolute Gasteiger partial charge is 0.407 e. The van der Waals surface area contributed by atoms with Crippen molar-refractivity contribution < 1.29 is 28.9 Å². The first-order valence-corrected chi connectivity index (χ1v) is 6.65. The summed E-state index contributed by atoms with van der Waals surface area (Å²) in [6, 6.07) is 0. The van der Waals surface area contributed by atoms with E-state index < -0.39 is 17.7 Å². The third kappa shape index (κ3) is 19.0. The first-order valence-electron chi connectivity index (χ1n) is 6.65. The Bertz CT molecular complexity index is 262. The van der Waals surface area contributed by atoms with E-state index >= 15 is 0 Å². The zero-order chi connectivity index (χ0) is 16.0. The molecule has 0 fully saturated rings. The molecule has 0 aliphatic carbocycles. The summed E-state index contributed by atoms with van der Waals surface area (Å²) in [5.74, 6) is -1.01. The first kappa shape index (κ1) is 21.0. The maximum Gasteiger partial charge on any atom is 0.407 e. The van der Waals surface area contributed by atoms with E-state index in [1.54, 1.807) is 20.8 Å². The van der Waals surface area contributed by atoms with E-state index in [1.165, 1.54) is 0 Å². The van der Waals surface area contributed by atoms with Gasteiger partial charge in [-0.1, -0.05) is 13.8 Å². The predicted octanol–water partition coefficient (Wildman–Crippen LogP) is 1.66. The van der Waals surface area contributed by atoms with Crippen molar-refractivity contribution in [1.29, 1.82) is 0 Å². The zero-order valence-electron chi connectivity index (χ0n) is 13.0. The lowest BCUT2D eigenvalue weighted by molar-refractivity contribution is -0.142. The lowest BCUT2D eigenvalue weighted by Gasteiger charge is -2.19. The van der Waals surface area contributed by atoms with Gasteiger partial charge in [0.15, 0.2) is 0 Å². The van der Waals surface area contributed by atoms with Crippen LogP contribution in [-0.4, -0.2) is 55.7 Å². The van der Waals surface area contributed by atoms with E-state index in [4.69, 9.17) is 19.3 Å². The van der Waals surface area contributed by atoms with E-state index in [9.17, 15) is 9.59 Å². The van der Waals surface area contributed by atoms with Crippen LogP contribution in [0.25, 0.3) is 0 Å². The SMILES string of the molecule is CC.CC(C)(C)OC(=O)NCCOCCOCC(=O)O. The van der Waals surface area contributed by atoms with Crippen LogP contribution in [0, 0.1) is 0 Å². The molecule has 0 heterocycles. The quantitative estimate of drug-likeness (QED) is 0.661. The number of aliphatic carboxylic acids is 1. The highest BCUT2D eigenvalue weighted by Crippen LogP contribution is 2.05. The molecule has 0 aliphatic rings. The van der Waals surface area contributed by atoms with E-state index in [0.29, 0.717) is 13.2 Å². The molecule has 7 nitrogen and oxygen atoms in total. The van der Waals surface area contributed by atoms with Crippen molar-refractivity contribution >= 4 is 12.1 Å². The minimum atomic E-state index is -1.01. The van der Waals surface area contributed by atoms with Crippen molar-refractivity contribution in [3.05, 3.63) is 0 Å². The third-order valence-electron chi connectivity index (χ3n) is 1.51. The minimum Gasteiger partial charge on any atom is -0.480 e. The van der Waals surface area contributed by atoms with Gasteiger partial charge < -0.3 is 24.6 Å². The number of alkyl carbamates (subject to hydrolysis) is 1.